The molecule has 0 atom stereocenters. The first-order valence-electron chi connectivity index (χ1n) is 17.2. The van der Waals surface area contributed by atoms with Gasteiger partial charge in [0, 0.05) is 43.9 Å². The minimum Gasteiger partial charge on any atom is -0.310 e. The number of nitrogens with zero attached hydrogens (tertiary/aromatic N) is 2. The Morgan fingerprint density at radius 2 is 0.654 bits per heavy atom. The van der Waals surface area contributed by atoms with E-state index in [9.17, 15) is 0 Å². The molecule has 0 saturated heterocycles. The minimum absolute atomic E-state index is 0.663. The van der Waals surface area contributed by atoms with Gasteiger partial charge in [0.2, 0.25) is 0 Å². The van der Waals surface area contributed by atoms with Crippen LogP contribution in [0.4, 0.5) is 34.1 Å². The Bertz CT molecular complexity index is 2300. The molecule has 8 rings (SSSR count). The summed E-state index contributed by atoms with van der Waals surface area (Å²) in [6.45, 7) is 0. The second-order valence-corrected chi connectivity index (χ2v) is 13.4. The zero-order chi connectivity index (χ0) is 35.3. The van der Waals surface area contributed by atoms with Crippen molar-refractivity contribution in [2.24, 2.45) is 0 Å². The van der Waals surface area contributed by atoms with Crippen LogP contribution >= 0.6 is 23.2 Å². The topological polar surface area (TPSA) is 6.48 Å². The summed E-state index contributed by atoms with van der Waals surface area (Å²) < 4.78 is 0. The minimum atomic E-state index is 0.663. The Morgan fingerprint density at radius 3 is 1.08 bits per heavy atom. The van der Waals surface area contributed by atoms with Gasteiger partial charge in [0.25, 0.3) is 0 Å². The van der Waals surface area contributed by atoms with Gasteiger partial charge in [-0.1, -0.05) is 163 Å². The van der Waals surface area contributed by atoms with Crippen molar-refractivity contribution in [2.75, 3.05) is 9.80 Å². The van der Waals surface area contributed by atoms with Crippen molar-refractivity contribution in [2.45, 2.75) is 0 Å². The van der Waals surface area contributed by atoms with Crippen molar-refractivity contribution in [3.8, 4) is 33.4 Å². The molecule has 8 aromatic carbocycles. The van der Waals surface area contributed by atoms with Crippen molar-refractivity contribution in [3.63, 3.8) is 0 Å². The van der Waals surface area contributed by atoms with Gasteiger partial charge in [-0.2, -0.15) is 0 Å². The van der Waals surface area contributed by atoms with Gasteiger partial charge in [0.15, 0.2) is 0 Å². The highest BCUT2D eigenvalue weighted by molar-refractivity contribution is 6.31. The van der Waals surface area contributed by atoms with Crippen LogP contribution < -0.4 is 9.80 Å². The van der Waals surface area contributed by atoms with Gasteiger partial charge in [-0.3, -0.25) is 0 Å². The van der Waals surface area contributed by atoms with Gasteiger partial charge in [0.1, 0.15) is 0 Å². The second kappa shape index (κ2) is 15.0. The Hall–Kier alpha value is -6.06. The van der Waals surface area contributed by atoms with Gasteiger partial charge in [-0.15, -0.1) is 0 Å². The van der Waals surface area contributed by atoms with Crippen LogP contribution in [0.2, 0.25) is 10.0 Å². The number of rotatable bonds is 9. The van der Waals surface area contributed by atoms with Crippen molar-refractivity contribution < 1.29 is 0 Å². The maximum Gasteiger partial charge on any atom is 0.0540 e. The van der Waals surface area contributed by atoms with Crippen LogP contribution in [0.3, 0.4) is 0 Å². The summed E-state index contributed by atoms with van der Waals surface area (Å²) >= 11 is 13.5. The fraction of sp³-hybridized carbons (Fsp3) is 0. The summed E-state index contributed by atoms with van der Waals surface area (Å²) in [6.07, 6.45) is 0. The van der Waals surface area contributed by atoms with E-state index in [1.807, 2.05) is 48.5 Å². The third-order valence-corrected chi connectivity index (χ3v) is 9.59. The summed E-state index contributed by atoms with van der Waals surface area (Å²) in [4.78, 5) is 4.62. The molecule has 0 fully saturated rings. The molecule has 0 radical (unpaired) electrons. The number of halogens is 2. The lowest BCUT2D eigenvalue weighted by molar-refractivity contribution is 1.25. The van der Waals surface area contributed by atoms with Crippen LogP contribution in [-0.2, 0) is 0 Å². The van der Waals surface area contributed by atoms with E-state index >= 15 is 0 Å². The largest absolute Gasteiger partial charge is 0.310 e. The first kappa shape index (κ1) is 33.1. The average molecular weight is 710 g/mol. The molecule has 4 heteroatoms. The van der Waals surface area contributed by atoms with Crippen LogP contribution in [0.5, 0.6) is 0 Å². The zero-order valence-corrected chi connectivity index (χ0v) is 29.8. The molecule has 0 aliphatic heterocycles. The lowest BCUT2D eigenvalue weighted by Gasteiger charge is -2.32. The average Bonchev–Trinajstić information content (AvgIpc) is 3.20. The Kier molecular flexibility index (Phi) is 9.58. The molecular weight excluding hydrogens is 675 g/mol. The fourth-order valence-electron chi connectivity index (χ4n) is 6.80. The van der Waals surface area contributed by atoms with Crippen molar-refractivity contribution >= 4 is 57.3 Å². The highest BCUT2D eigenvalue weighted by Crippen LogP contribution is 2.47. The molecule has 0 N–H and O–H groups in total. The second-order valence-electron chi connectivity index (χ2n) is 12.5. The first-order valence-corrected chi connectivity index (χ1v) is 18.0. The van der Waals surface area contributed by atoms with Gasteiger partial charge in [-0.05, 0) is 89.0 Å². The maximum atomic E-state index is 6.73. The van der Waals surface area contributed by atoms with E-state index in [-0.39, 0.29) is 0 Å². The SMILES string of the molecule is Clc1cccc(N(c2cc(-c3ccccc3)cc(N(c3cccc(Cl)c3)c3ccccc3-c3ccccc3)c2)c2ccccc2-c2ccccc2)c1. The Balaban J connectivity index is 1.43. The van der Waals surface area contributed by atoms with Gasteiger partial charge in [-0.25, -0.2) is 0 Å². The molecule has 0 heterocycles. The molecule has 0 aliphatic rings. The fourth-order valence-corrected chi connectivity index (χ4v) is 7.17. The van der Waals surface area contributed by atoms with E-state index in [1.54, 1.807) is 0 Å². The van der Waals surface area contributed by atoms with Gasteiger partial charge in [0.05, 0.1) is 11.4 Å². The van der Waals surface area contributed by atoms with E-state index in [1.165, 1.54) is 0 Å². The number of hydrogen-bond donors (Lipinski definition) is 0. The maximum absolute atomic E-state index is 6.73. The zero-order valence-electron chi connectivity index (χ0n) is 28.3. The monoisotopic (exact) mass is 708 g/mol. The number of anilines is 6. The van der Waals surface area contributed by atoms with Gasteiger partial charge < -0.3 is 9.80 Å². The summed E-state index contributed by atoms with van der Waals surface area (Å²) in [5, 5.41) is 1.33. The first-order chi connectivity index (χ1) is 25.6. The van der Waals surface area contributed by atoms with E-state index in [0.29, 0.717) is 10.0 Å². The lowest BCUT2D eigenvalue weighted by Crippen LogP contribution is -2.15. The number of hydrogen-bond acceptors (Lipinski definition) is 2. The quantitative estimate of drug-likeness (QED) is 0.147. The Labute approximate surface area is 315 Å². The summed E-state index contributed by atoms with van der Waals surface area (Å²) in [6, 6.07) is 71.6. The van der Waals surface area contributed by atoms with E-state index < -0.39 is 0 Å². The normalized spacial score (nSPS) is 10.9. The summed E-state index contributed by atoms with van der Waals surface area (Å²) in [7, 11) is 0. The smallest absolute Gasteiger partial charge is 0.0540 e. The Morgan fingerprint density at radius 1 is 0.269 bits per heavy atom. The van der Waals surface area contributed by atoms with Crippen molar-refractivity contribution in [3.05, 3.63) is 216 Å². The third kappa shape index (κ3) is 6.95. The van der Waals surface area contributed by atoms with Crippen LogP contribution in [0.25, 0.3) is 33.4 Å². The molecule has 52 heavy (non-hydrogen) atoms. The summed E-state index contributed by atoms with van der Waals surface area (Å²) in [5.41, 5.74) is 12.6. The number of benzene rings is 8. The standard InChI is InChI=1S/C48H34Cl2N2/c49-39-22-14-24-41(32-39)51(47-28-12-10-26-45(47)36-18-6-2-7-19-36)43-30-38(35-16-4-1-5-17-35)31-44(34-43)52(42-25-15-23-40(50)33-42)48-29-13-11-27-46(48)37-20-8-3-9-21-37/h1-34H. The predicted molar refractivity (Wildman–Crippen MR) is 222 cm³/mol. The molecule has 0 bridgehead atoms. The predicted octanol–water partition coefficient (Wildman–Crippen LogP) is 14.9. The molecular formula is C48H34Cl2N2. The molecule has 0 amide bonds. The lowest BCUT2D eigenvalue weighted by atomic mass is 9.98. The number of para-hydroxylation sites is 2. The molecule has 0 aromatic heterocycles. The third-order valence-electron chi connectivity index (χ3n) is 9.12. The molecule has 0 saturated carbocycles. The highest BCUT2D eigenvalue weighted by Gasteiger charge is 2.23. The van der Waals surface area contributed by atoms with Crippen LogP contribution in [0.1, 0.15) is 0 Å². The molecule has 0 aliphatic carbocycles. The van der Waals surface area contributed by atoms with E-state index in [0.717, 1.165) is 67.5 Å². The molecule has 8 aromatic rings. The molecule has 0 spiro atoms. The van der Waals surface area contributed by atoms with E-state index in [2.05, 4.69) is 168 Å². The summed E-state index contributed by atoms with van der Waals surface area (Å²) in [5.74, 6) is 0. The molecule has 2 nitrogen and oxygen atoms in total. The van der Waals surface area contributed by atoms with Crippen molar-refractivity contribution in [1.82, 2.24) is 0 Å². The molecule has 0 unspecified atom stereocenters. The van der Waals surface area contributed by atoms with Crippen molar-refractivity contribution in [1.29, 1.82) is 0 Å². The highest BCUT2D eigenvalue weighted by atomic mass is 35.5. The van der Waals surface area contributed by atoms with Crippen LogP contribution in [-0.4, -0.2) is 0 Å². The van der Waals surface area contributed by atoms with Crippen LogP contribution in [0.15, 0.2) is 206 Å². The molecule has 250 valence electrons. The van der Waals surface area contributed by atoms with Gasteiger partial charge >= 0.3 is 0 Å². The van der Waals surface area contributed by atoms with E-state index in [4.69, 9.17) is 23.2 Å². The van der Waals surface area contributed by atoms with Crippen LogP contribution in [0, 0.1) is 0 Å².